The number of imide groups is 1. The molecule has 0 unspecified atom stereocenters. The quantitative estimate of drug-likeness (QED) is 0.343. The Hall–Kier alpha value is -2.20. The lowest BCUT2D eigenvalue weighted by Gasteiger charge is -2.20. The molecule has 1 aromatic rings. The molecule has 0 aromatic heterocycles. The monoisotopic (exact) mass is 467 g/mol. The first kappa shape index (κ1) is 23.0. The Morgan fingerprint density at radius 1 is 1.16 bits per heavy atom. The maximum Gasteiger partial charge on any atom is 0.324 e. The van der Waals surface area contributed by atoms with Gasteiger partial charge in [-0.3, -0.25) is 10.1 Å². The van der Waals surface area contributed by atoms with Crippen LogP contribution >= 0.6 is 0 Å². The van der Waals surface area contributed by atoms with Gasteiger partial charge in [-0.2, -0.15) is 0 Å². The molecule has 2 aliphatic carbocycles. The summed E-state index contributed by atoms with van der Waals surface area (Å²) in [5.41, 5.74) is 0.730. The number of hydrogen-bond acceptors (Lipinski definition) is 5. The van der Waals surface area contributed by atoms with Gasteiger partial charge in [-0.15, -0.1) is 0 Å². The summed E-state index contributed by atoms with van der Waals surface area (Å²) in [6.45, 7) is 0.980. The van der Waals surface area contributed by atoms with Crippen LogP contribution < -0.4 is 14.8 Å². The molecule has 3 fully saturated rings. The number of carbonyl (C=O) groups excluding carboxylic acids is 2. The molecule has 2 saturated carbocycles. The van der Waals surface area contributed by atoms with E-state index in [0.717, 1.165) is 31.2 Å². The van der Waals surface area contributed by atoms with Crippen LogP contribution in [0.1, 0.15) is 56.6 Å². The number of nitrogens with one attached hydrogen (secondary N) is 2. The number of ether oxygens (including phenoxy) is 1. The first-order valence-corrected chi connectivity index (χ1v) is 13.0. The Balaban J connectivity index is 1.28. The third-order valence-electron chi connectivity index (χ3n) is 6.09. The number of hydrogen-bond donors (Lipinski definition) is 2. The summed E-state index contributed by atoms with van der Waals surface area (Å²) < 4.78 is 48.0. The van der Waals surface area contributed by atoms with Crippen molar-refractivity contribution in [3.8, 4) is 5.75 Å². The van der Waals surface area contributed by atoms with Gasteiger partial charge in [0.05, 0.1) is 12.4 Å². The molecule has 10 heteroatoms. The Bertz CT molecular complexity index is 962. The molecular weight excluding hydrogens is 437 g/mol. The van der Waals surface area contributed by atoms with Crippen LogP contribution in [-0.4, -0.2) is 50.7 Å². The molecule has 176 valence electrons. The zero-order chi connectivity index (χ0) is 22.7. The highest BCUT2D eigenvalue weighted by molar-refractivity contribution is 7.89. The van der Waals surface area contributed by atoms with Crippen molar-refractivity contribution < 1.29 is 27.1 Å². The smallest absolute Gasteiger partial charge is 0.324 e. The Kier molecular flexibility index (Phi) is 6.99. The van der Waals surface area contributed by atoms with Crippen LogP contribution in [0, 0.1) is 17.7 Å². The molecule has 1 aromatic carbocycles. The maximum absolute atomic E-state index is 14.1. The standard InChI is InChI=1S/C22H30FN3O5S/c23-18-9-8-17(12-19(18)31-14-15-4-5-15)21(16-6-7-16)25-32(29,30)11-3-1-2-10-26-13-20(27)24-22(26)28/h8-9,12,15-16,21,25H,1-7,10-11,13-14H2,(H,24,27,28)/t21-/m0/s1. The fourth-order valence-electron chi connectivity index (χ4n) is 3.87. The number of nitrogens with zero attached hydrogens (tertiary/aromatic N) is 1. The highest BCUT2D eigenvalue weighted by Crippen LogP contribution is 2.42. The minimum absolute atomic E-state index is 0.0203. The lowest BCUT2D eigenvalue weighted by molar-refractivity contribution is -0.118. The normalized spacial score (nSPS) is 19.8. The lowest BCUT2D eigenvalue weighted by atomic mass is 10.0. The predicted octanol–water partition coefficient (Wildman–Crippen LogP) is 2.71. The molecular formula is C22H30FN3O5S. The number of urea groups is 1. The van der Waals surface area contributed by atoms with E-state index in [1.165, 1.54) is 11.0 Å². The fourth-order valence-corrected chi connectivity index (χ4v) is 5.29. The van der Waals surface area contributed by atoms with Crippen molar-refractivity contribution in [3.63, 3.8) is 0 Å². The van der Waals surface area contributed by atoms with Crippen LogP contribution in [0.5, 0.6) is 5.75 Å². The molecule has 4 rings (SSSR count). The zero-order valence-corrected chi connectivity index (χ0v) is 18.8. The van der Waals surface area contributed by atoms with Gasteiger partial charge in [-0.1, -0.05) is 12.5 Å². The second kappa shape index (κ2) is 9.74. The summed E-state index contributed by atoms with van der Waals surface area (Å²) in [4.78, 5) is 24.1. The van der Waals surface area contributed by atoms with Crippen LogP contribution in [0.3, 0.4) is 0 Å². The molecule has 0 spiro atoms. The Morgan fingerprint density at radius 2 is 1.94 bits per heavy atom. The van der Waals surface area contributed by atoms with Crippen LogP contribution in [0.15, 0.2) is 18.2 Å². The second-order valence-electron chi connectivity index (χ2n) is 9.03. The van der Waals surface area contributed by atoms with Gasteiger partial charge >= 0.3 is 6.03 Å². The summed E-state index contributed by atoms with van der Waals surface area (Å²) >= 11 is 0. The second-order valence-corrected chi connectivity index (χ2v) is 10.9. The van der Waals surface area contributed by atoms with Crippen LogP contribution in [-0.2, 0) is 14.8 Å². The van der Waals surface area contributed by atoms with Crippen molar-refractivity contribution in [3.05, 3.63) is 29.6 Å². The van der Waals surface area contributed by atoms with Crippen molar-refractivity contribution in [1.82, 2.24) is 14.9 Å². The van der Waals surface area contributed by atoms with E-state index < -0.39 is 21.9 Å². The minimum atomic E-state index is -3.52. The lowest BCUT2D eigenvalue weighted by Crippen LogP contribution is -2.32. The van der Waals surface area contributed by atoms with Gasteiger partial charge in [-0.25, -0.2) is 22.3 Å². The van der Waals surface area contributed by atoms with Gasteiger partial charge in [0.15, 0.2) is 11.6 Å². The van der Waals surface area contributed by atoms with E-state index in [9.17, 15) is 22.4 Å². The zero-order valence-electron chi connectivity index (χ0n) is 18.0. The summed E-state index contributed by atoms with van der Waals surface area (Å²) in [6.07, 6.45) is 5.78. The van der Waals surface area contributed by atoms with E-state index in [-0.39, 0.29) is 35.9 Å². The van der Waals surface area contributed by atoms with Crippen molar-refractivity contribution in [2.75, 3.05) is 25.4 Å². The van der Waals surface area contributed by atoms with E-state index in [0.29, 0.717) is 38.3 Å². The molecule has 32 heavy (non-hydrogen) atoms. The number of sulfonamides is 1. The molecule has 1 heterocycles. The molecule has 0 bridgehead atoms. The highest BCUT2D eigenvalue weighted by atomic mass is 32.2. The first-order valence-electron chi connectivity index (χ1n) is 11.3. The van der Waals surface area contributed by atoms with Gasteiger partial charge < -0.3 is 9.64 Å². The van der Waals surface area contributed by atoms with Gasteiger partial charge in [0.2, 0.25) is 15.9 Å². The number of halogens is 1. The number of unbranched alkanes of at least 4 members (excludes halogenated alkanes) is 2. The van der Waals surface area contributed by atoms with Crippen molar-refractivity contribution in [2.45, 2.75) is 51.0 Å². The van der Waals surface area contributed by atoms with Gasteiger partial charge in [-0.05, 0) is 68.1 Å². The minimum Gasteiger partial charge on any atom is -0.490 e. The molecule has 1 saturated heterocycles. The average Bonchev–Trinajstić information content (AvgIpc) is 3.65. The largest absolute Gasteiger partial charge is 0.490 e. The van der Waals surface area contributed by atoms with Crippen LogP contribution in [0.2, 0.25) is 0 Å². The van der Waals surface area contributed by atoms with Gasteiger partial charge in [0, 0.05) is 12.6 Å². The van der Waals surface area contributed by atoms with Crippen LogP contribution in [0.4, 0.5) is 9.18 Å². The molecule has 8 nitrogen and oxygen atoms in total. The highest BCUT2D eigenvalue weighted by Gasteiger charge is 2.35. The molecule has 1 aliphatic heterocycles. The van der Waals surface area contributed by atoms with E-state index in [2.05, 4.69) is 10.0 Å². The summed E-state index contributed by atoms with van der Waals surface area (Å²) in [7, 11) is -3.52. The average molecular weight is 468 g/mol. The van der Waals surface area contributed by atoms with Crippen molar-refractivity contribution in [2.24, 2.45) is 11.8 Å². The molecule has 2 N–H and O–H groups in total. The molecule has 0 radical (unpaired) electrons. The van der Waals surface area contributed by atoms with Gasteiger partial charge in [0.25, 0.3) is 0 Å². The molecule has 1 atom stereocenters. The first-order chi connectivity index (χ1) is 15.3. The Morgan fingerprint density at radius 3 is 2.59 bits per heavy atom. The van der Waals surface area contributed by atoms with E-state index in [4.69, 9.17) is 4.74 Å². The summed E-state index contributed by atoms with van der Waals surface area (Å²) in [5.74, 6) is 0.126. The van der Waals surface area contributed by atoms with Crippen molar-refractivity contribution in [1.29, 1.82) is 0 Å². The van der Waals surface area contributed by atoms with Gasteiger partial charge in [0.1, 0.15) is 6.54 Å². The van der Waals surface area contributed by atoms with Crippen LogP contribution in [0.25, 0.3) is 0 Å². The number of amides is 3. The molecule has 3 amide bonds. The van der Waals surface area contributed by atoms with Crippen molar-refractivity contribution >= 4 is 22.0 Å². The summed E-state index contributed by atoms with van der Waals surface area (Å²) in [5, 5.41) is 2.22. The maximum atomic E-state index is 14.1. The predicted molar refractivity (Wildman–Crippen MR) is 116 cm³/mol. The topological polar surface area (TPSA) is 105 Å². The number of rotatable bonds is 13. The number of benzene rings is 1. The fraction of sp³-hybridized carbons (Fsp3) is 0.636. The van der Waals surface area contributed by atoms with E-state index in [1.807, 2.05) is 0 Å². The summed E-state index contributed by atoms with van der Waals surface area (Å²) in [6, 6.07) is 3.83. The van der Waals surface area contributed by atoms with E-state index >= 15 is 0 Å². The van der Waals surface area contributed by atoms with E-state index in [1.54, 1.807) is 12.1 Å². The Labute approximate surface area is 187 Å². The SMILES string of the molecule is O=C1CN(CCCCCS(=O)(=O)N[C@H](c2ccc(F)c(OCC3CC3)c2)C2CC2)C(=O)N1. The third kappa shape index (κ3) is 6.41. The third-order valence-corrected chi connectivity index (χ3v) is 7.53. The number of carbonyl (C=O) groups is 2. The molecule has 3 aliphatic rings.